The van der Waals surface area contributed by atoms with E-state index < -0.39 is 18.0 Å². The fourth-order valence-electron chi connectivity index (χ4n) is 4.16. The molecule has 122 valence electrons. The Balaban J connectivity index is 1.58. The minimum Gasteiger partial charge on any atom is -0.478 e. The highest BCUT2D eigenvalue weighted by atomic mass is 16.6. The quantitative estimate of drug-likeness (QED) is 0.855. The van der Waals surface area contributed by atoms with Crippen molar-refractivity contribution in [3.8, 4) is 0 Å². The van der Waals surface area contributed by atoms with E-state index in [0.717, 1.165) is 0 Å². The number of rotatable bonds is 3. The zero-order valence-electron chi connectivity index (χ0n) is 12.8. The van der Waals surface area contributed by atoms with Gasteiger partial charge in [-0.3, -0.25) is 0 Å². The van der Waals surface area contributed by atoms with Crippen LogP contribution in [0.1, 0.15) is 34.6 Å². The summed E-state index contributed by atoms with van der Waals surface area (Å²) < 4.78 is 17.6. The van der Waals surface area contributed by atoms with Crippen LogP contribution in [0.15, 0.2) is 24.3 Å². The standard InChI is InChI=1S/C17H18O6/c1-7-11-8(2)13-15(14(21-11)12(7)22-13)23-17(20)10-6-4-3-5-9(10)16(18)19/h3-8,11-15H,1-2H3,(H,18,19)/t7?,8-,11?,12-,13+,14?,15+/m1/s1. The maximum Gasteiger partial charge on any atom is 0.339 e. The molecule has 1 aromatic carbocycles. The maximum absolute atomic E-state index is 12.5. The first-order valence-corrected chi connectivity index (χ1v) is 7.83. The smallest absolute Gasteiger partial charge is 0.339 e. The number of hydrogen-bond acceptors (Lipinski definition) is 5. The molecule has 23 heavy (non-hydrogen) atoms. The molecule has 5 rings (SSSR count). The fourth-order valence-corrected chi connectivity index (χ4v) is 4.16. The van der Waals surface area contributed by atoms with Gasteiger partial charge in [0, 0.05) is 11.8 Å². The van der Waals surface area contributed by atoms with Crippen molar-refractivity contribution in [2.75, 3.05) is 0 Å². The van der Waals surface area contributed by atoms with Gasteiger partial charge in [-0.05, 0) is 12.1 Å². The summed E-state index contributed by atoms with van der Waals surface area (Å²) in [5.74, 6) is -1.37. The summed E-state index contributed by atoms with van der Waals surface area (Å²) >= 11 is 0. The van der Waals surface area contributed by atoms with Crippen LogP contribution in [0, 0.1) is 11.8 Å². The van der Waals surface area contributed by atoms with Gasteiger partial charge in [0.1, 0.15) is 12.2 Å². The van der Waals surface area contributed by atoms with Crippen LogP contribution in [0.25, 0.3) is 0 Å². The van der Waals surface area contributed by atoms with Gasteiger partial charge in [0.25, 0.3) is 0 Å². The second-order valence-electron chi connectivity index (χ2n) is 6.57. The number of ether oxygens (including phenoxy) is 3. The van der Waals surface area contributed by atoms with Crippen molar-refractivity contribution < 1.29 is 28.9 Å². The maximum atomic E-state index is 12.5. The van der Waals surface area contributed by atoms with Gasteiger partial charge in [-0.1, -0.05) is 26.0 Å². The van der Waals surface area contributed by atoms with Gasteiger partial charge < -0.3 is 19.3 Å². The van der Waals surface area contributed by atoms with Crippen LogP contribution < -0.4 is 0 Å². The predicted molar refractivity (Wildman–Crippen MR) is 78.3 cm³/mol. The Kier molecular flexibility index (Phi) is 3.21. The van der Waals surface area contributed by atoms with Gasteiger partial charge in [-0.2, -0.15) is 0 Å². The third kappa shape index (κ3) is 2.01. The summed E-state index contributed by atoms with van der Waals surface area (Å²) in [6, 6.07) is 6.05. The van der Waals surface area contributed by atoms with Crippen LogP contribution in [-0.4, -0.2) is 47.6 Å². The average Bonchev–Trinajstić information content (AvgIpc) is 2.96. The van der Waals surface area contributed by atoms with Crippen molar-refractivity contribution in [2.24, 2.45) is 11.8 Å². The molecule has 1 aromatic rings. The van der Waals surface area contributed by atoms with Gasteiger partial charge >= 0.3 is 11.9 Å². The summed E-state index contributed by atoms with van der Waals surface area (Å²) in [7, 11) is 0. The molecule has 0 aromatic heterocycles. The molecule has 4 aliphatic heterocycles. The van der Waals surface area contributed by atoms with Gasteiger partial charge in [0.05, 0.1) is 23.3 Å². The van der Waals surface area contributed by atoms with Gasteiger partial charge in [0.15, 0.2) is 6.10 Å². The number of carboxylic acids is 1. The van der Waals surface area contributed by atoms with Gasteiger partial charge in [-0.15, -0.1) is 0 Å². The molecular formula is C17H18O6. The minimum absolute atomic E-state index is 0.0475. The van der Waals surface area contributed by atoms with E-state index in [-0.39, 0.29) is 47.4 Å². The van der Waals surface area contributed by atoms with E-state index in [1.165, 1.54) is 12.1 Å². The second kappa shape index (κ2) is 5.04. The highest BCUT2D eigenvalue weighted by Crippen LogP contribution is 2.50. The highest BCUT2D eigenvalue weighted by molar-refractivity contribution is 6.02. The van der Waals surface area contributed by atoms with E-state index in [9.17, 15) is 14.7 Å². The van der Waals surface area contributed by atoms with Gasteiger partial charge in [-0.25, -0.2) is 9.59 Å². The predicted octanol–water partition coefficient (Wildman–Crippen LogP) is 1.73. The Morgan fingerprint density at radius 1 is 0.957 bits per heavy atom. The summed E-state index contributed by atoms with van der Waals surface area (Å²) in [6.07, 6.45) is -0.817. The third-order valence-electron chi connectivity index (χ3n) is 5.29. The summed E-state index contributed by atoms with van der Waals surface area (Å²) in [4.78, 5) is 23.7. The summed E-state index contributed by atoms with van der Waals surface area (Å²) in [5, 5.41) is 9.21. The number of esters is 1. The third-order valence-corrected chi connectivity index (χ3v) is 5.29. The molecule has 4 aliphatic rings. The molecule has 0 amide bonds. The lowest BCUT2D eigenvalue weighted by Gasteiger charge is -2.38. The van der Waals surface area contributed by atoms with Crippen LogP contribution in [0.4, 0.5) is 0 Å². The summed E-state index contributed by atoms with van der Waals surface area (Å²) in [5.41, 5.74) is -0.00812. The van der Waals surface area contributed by atoms with Crippen LogP contribution in [-0.2, 0) is 14.2 Å². The zero-order chi connectivity index (χ0) is 16.3. The van der Waals surface area contributed by atoms with Crippen molar-refractivity contribution in [3.05, 3.63) is 35.4 Å². The SMILES string of the molecule is CC1C2OC3[C@@H]1O[C@@H]([C@@H]2C)[C@@H]3OC(=O)c1ccccc1C(=O)O. The number of benzene rings is 1. The number of carbonyl (C=O) groups is 2. The van der Waals surface area contributed by atoms with Crippen LogP contribution in [0.2, 0.25) is 0 Å². The highest BCUT2D eigenvalue weighted by Gasteiger charge is 2.65. The number of aromatic carboxylic acids is 1. The lowest BCUT2D eigenvalue weighted by Crippen LogP contribution is -2.49. The van der Waals surface area contributed by atoms with E-state index in [2.05, 4.69) is 6.92 Å². The average molecular weight is 318 g/mol. The van der Waals surface area contributed by atoms with Crippen molar-refractivity contribution in [2.45, 2.75) is 44.4 Å². The first-order chi connectivity index (χ1) is 11.0. The van der Waals surface area contributed by atoms with Crippen molar-refractivity contribution >= 4 is 11.9 Å². The number of carbonyl (C=O) groups excluding carboxylic acids is 1. The first-order valence-electron chi connectivity index (χ1n) is 7.83. The van der Waals surface area contributed by atoms with Crippen LogP contribution >= 0.6 is 0 Å². The monoisotopic (exact) mass is 318 g/mol. The molecule has 0 saturated carbocycles. The van der Waals surface area contributed by atoms with E-state index >= 15 is 0 Å². The van der Waals surface area contributed by atoms with E-state index in [1.54, 1.807) is 12.1 Å². The zero-order valence-corrected chi connectivity index (χ0v) is 12.8. The molecule has 4 heterocycles. The molecule has 3 unspecified atom stereocenters. The Hall–Kier alpha value is -1.92. The Morgan fingerprint density at radius 2 is 1.57 bits per heavy atom. The molecule has 0 spiro atoms. The molecular weight excluding hydrogens is 300 g/mol. The molecule has 0 aliphatic carbocycles. The first kappa shape index (κ1) is 14.7. The molecule has 4 fully saturated rings. The fraction of sp³-hybridized carbons (Fsp3) is 0.529. The van der Waals surface area contributed by atoms with Gasteiger partial charge in [0.2, 0.25) is 0 Å². The van der Waals surface area contributed by atoms with Crippen molar-refractivity contribution in [3.63, 3.8) is 0 Å². The van der Waals surface area contributed by atoms with E-state index in [1.807, 2.05) is 6.92 Å². The lowest BCUT2D eigenvalue weighted by molar-refractivity contribution is -0.152. The molecule has 0 radical (unpaired) electrons. The number of hydrogen-bond donors (Lipinski definition) is 1. The van der Waals surface area contributed by atoms with E-state index in [0.29, 0.717) is 0 Å². The van der Waals surface area contributed by atoms with Crippen molar-refractivity contribution in [1.29, 1.82) is 0 Å². The van der Waals surface area contributed by atoms with E-state index in [4.69, 9.17) is 14.2 Å². The molecule has 6 heteroatoms. The Labute approximate surface area is 133 Å². The molecule has 4 saturated heterocycles. The molecule has 7 atom stereocenters. The minimum atomic E-state index is -1.15. The normalized spacial score (nSPS) is 40.3. The van der Waals surface area contributed by atoms with Crippen LogP contribution in [0.5, 0.6) is 0 Å². The Bertz CT molecular complexity index is 667. The molecule has 1 N–H and O–H groups in total. The summed E-state index contributed by atoms with van der Waals surface area (Å²) in [6.45, 7) is 4.13. The molecule has 4 bridgehead atoms. The molecule has 6 nitrogen and oxygen atoms in total. The number of carboxylic acid groups (broad SMARTS) is 1. The largest absolute Gasteiger partial charge is 0.478 e. The lowest BCUT2D eigenvalue weighted by atomic mass is 9.87. The topological polar surface area (TPSA) is 82.1 Å². The van der Waals surface area contributed by atoms with Crippen molar-refractivity contribution in [1.82, 2.24) is 0 Å². The van der Waals surface area contributed by atoms with Crippen LogP contribution in [0.3, 0.4) is 0 Å². The second-order valence-corrected chi connectivity index (χ2v) is 6.57. The Morgan fingerprint density at radius 3 is 2.26 bits per heavy atom.